The van der Waals surface area contributed by atoms with Crippen LogP contribution in [0.15, 0.2) is 70.1 Å². The maximum Gasteiger partial charge on any atom is 0.264 e. The van der Waals surface area contributed by atoms with E-state index in [2.05, 4.69) is 31.2 Å². The number of carbonyl (C=O) groups is 1. The summed E-state index contributed by atoms with van der Waals surface area (Å²) in [4.78, 5) is 31.5. The molecule has 5 nitrogen and oxygen atoms in total. The Labute approximate surface area is 153 Å². The van der Waals surface area contributed by atoms with Gasteiger partial charge in [-0.25, -0.2) is 4.98 Å². The van der Waals surface area contributed by atoms with Crippen LogP contribution in [0, 0.1) is 0 Å². The van der Waals surface area contributed by atoms with Gasteiger partial charge in [-0.1, -0.05) is 58.4 Å². The number of aromatic nitrogens is 2. The van der Waals surface area contributed by atoms with Crippen LogP contribution in [0.3, 0.4) is 0 Å². The number of halogens is 1. The standard InChI is InChI=1S/C19H16BrN3O2/c1-12(13-7-9-15(20)10-8-13)22-18(24)16-11-21-17(23-19(16)25)14-5-3-2-4-6-14/h2-12H,1H3,(H,22,24)(H,21,23,25)/t12-/m1/s1. The molecule has 0 aliphatic heterocycles. The van der Waals surface area contributed by atoms with Crippen LogP contribution in [-0.2, 0) is 0 Å². The van der Waals surface area contributed by atoms with Crippen LogP contribution in [0.25, 0.3) is 11.4 Å². The fraction of sp³-hybridized carbons (Fsp3) is 0.105. The first-order chi connectivity index (χ1) is 12.0. The zero-order valence-corrected chi connectivity index (χ0v) is 15.1. The van der Waals surface area contributed by atoms with E-state index in [1.165, 1.54) is 6.20 Å². The van der Waals surface area contributed by atoms with E-state index in [-0.39, 0.29) is 11.6 Å². The third-order valence-corrected chi connectivity index (χ3v) is 4.34. The number of amides is 1. The summed E-state index contributed by atoms with van der Waals surface area (Å²) < 4.78 is 0.965. The molecule has 6 heteroatoms. The molecule has 2 aromatic carbocycles. The van der Waals surface area contributed by atoms with Crippen molar-refractivity contribution in [3.63, 3.8) is 0 Å². The van der Waals surface area contributed by atoms with Crippen LogP contribution in [0.5, 0.6) is 0 Å². The van der Waals surface area contributed by atoms with E-state index >= 15 is 0 Å². The number of rotatable bonds is 4. The number of hydrogen-bond donors (Lipinski definition) is 2. The predicted octanol–water partition coefficient (Wildman–Crippen LogP) is 3.69. The van der Waals surface area contributed by atoms with Gasteiger partial charge in [-0.15, -0.1) is 0 Å². The zero-order valence-electron chi connectivity index (χ0n) is 13.5. The lowest BCUT2D eigenvalue weighted by Crippen LogP contribution is -2.32. The molecule has 0 unspecified atom stereocenters. The fourth-order valence-corrected chi connectivity index (χ4v) is 2.67. The Morgan fingerprint density at radius 3 is 2.44 bits per heavy atom. The maximum atomic E-state index is 12.4. The van der Waals surface area contributed by atoms with Gasteiger partial charge in [-0.05, 0) is 24.6 Å². The molecule has 25 heavy (non-hydrogen) atoms. The lowest BCUT2D eigenvalue weighted by molar-refractivity contribution is 0.0938. The summed E-state index contributed by atoms with van der Waals surface area (Å²) in [6, 6.07) is 16.7. The first-order valence-corrected chi connectivity index (χ1v) is 8.55. The van der Waals surface area contributed by atoms with Gasteiger partial charge in [0.05, 0.1) is 6.04 Å². The molecule has 1 aromatic heterocycles. The van der Waals surface area contributed by atoms with Crippen molar-refractivity contribution in [2.24, 2.45) is 0 Å². The van der Waals surface area contributed by atoms with Gasteiger partial charge in [-0.3, -0.25) is 9.59 Å². The Morgan fingerprint density at radius 1 is 1.12 bits per heavy atom. The number of nitrogens with zero attached hydrogens (tertiary/aromatic N) is 1. The number of H-pyrrole nitrogens is 1. The normalized spacial score (nSPS) is 11.8. The van der Waals surface area contributed by atoms with E-state index in [0.717, 1.165) is 15.6 Å². The molecule has 0 bridgehead atoms. The number of hydrogen-bond acceptors (Lipinski definition) is 3. The van der Waals surface area contributed by atoms with Crippen LogP contribution in [-0.4, -0.2) is 15.9 Å². The summed E-state index contributed by atoms with van der Waals surface area (Å²) in [5.41, 5.74) is 1.26. The molecule has 126 valence electrons. The van der Waals surface area contributed by atoms with Crippen LogP contribution in [0.2, 0.25) is 0 Å². The van der Waals surface area contributed by atoms with Crippen LogP contribution in [0.4, 0.5) is 0 Å². The van der Waals surface area contributed by atoms with Gasteiger partial charge in [0, 0.05) is 16.2 Å². The first kappa shape index (κ1) is 17.1. The fourth-order valence-electron chi connectivity index (χ4n) is 2.41. The highest BCUT2D eigenvalue weighted by Gasteiger charge is 2.15. The topological polar surface area (TPSA) is 74.8 Å². The van der Waals surface area contributed by atoms with Gasteiger partial charge in [0.15, 0.2) is 0 Å². The highest BCUT2D eigenvalue weighted by atomic mass is 79.9. The van der Waals surface area contributed by atoms with E-state index in [1.807, 2.05) is 61.5 Å². The molecular formula is C19H16BrN3O2. The predicted molar refractivity (Wildman–Crippen MR) is 100 cm³/mol. The smallest absolute Gasteiger partial charge is 0.264 e. The van der Waals surface area contributed by atoms with Crippen molar-refractivity contribution in [3.05, 3.63) is 86.7 Å². The van der Waals surface area contributed by atoms with E-state index in [9.17, 15) is 9.59 Å². The average molecular weight is 398 g/mol. The number of carbonyl (C=O) groups excluding carboxylic acids is 1. The molecule has 3 rings (SSSR count). The van der Waals surface area contributed by atoms with E-state index in [1.54, 1.807) is 0 Å². The van der Waals surface area contributed by atoms with Crippen molar-refractivity contribution in [2.45, 2.75) is 13.0 Å². The molecule has 1 atom stereocenters. The zero-order chi connectivity index (χ0) is 17.8. The van der Waals surface area contributed by atoms with Crippen molar-refractivity contribution < 1.29 is 4.79 Å². The summed E-state index contributed by atoms with van der Waals surface area (Å²) in [5.74, 6) is -0.0214. The Morgan fingerprint density at radius 2 is 1.80 bits per heavy atom. The highest BCUT2D eigenvalue weighted by molar-refractivity contribution is 9.10. The summed E-state index contributed by atoms with van der Waals surface area (Å²) >= 11 is 3.38. The number of nitrogens with one attached hydrogen (secondary N) is 2. The summed E-state index contributed by atoms with van der Waals surface area (Å²) in [5, 5.41) is 2.82. The third kappa shape index (κ3) is 4.03. The largest absolute Gasteiger partial charge is 0.345 e. The molecule has 1 heterocycles. The number of aromatic amines is 1. The molecule has 0 radical (unpaired) electrons. The van der Waals surface area contributed by atoms with E-state index in [4.69, 9.17) is 0 Å². The SMILES string of the molecule is C[C@@H](NC(=O)c1cnc(-c2ccccc2)[nH]c1=O)c1ccc(Br)cc1. The van der Waals surface area contributed by atoms with Gasteiger partial charge in [-0.2, -0.15) is 0 Å². The molecule has 1 amide bonds. The molecule has 0 saturated heterocycles. The second-order valence-corrected chi connectivity index (χ2v) is 6.50. The van der Waals surface area contributed by atoms with Crippen molar-refractivity contribution in [3.8, 4) is 11.4 Å². The van der Waals surface area contributed by atoms with Gasteiger partial charge in [0.2, 0.25) is 0 Å². The minimum Gasteiger partial charge on any atom is -0.345 e. The lowest BCUT2D eigenvalue weighted by atomic mass is 10.1. The second-order valence-electron chi connectivity index (χ2n) is 5.59. The van der Waals surface area contributed by atoms with E-state index in [0.29, 0.717) is 5.82 Å². The minimum absolute atomic E-state index is 0.0105. The van der Waals surface area contributed by atoms with Crippen molar-refractivity contribution in [1.82, 2.24) is 15.3 Å². The molecule has 2 N–H and O–H groups in total. The van der Waals surface area contributed by atoms with Crippen LogP contribution in [0.1, 0.15) is 28.9 Å². The van der Waals surface area contributed by atoms with Gasteiger partial charge in [0.25, 0.3) is 11.5 Å². The quantitative estimate of drug-likeness (QED) is 0.704. The van der Waals surface area contributed by atoms with Crippen LogP contribution < -0.4 is 10.9 Å². The Bertz CT molecular complexity index is 937. The molecule has 0 aliphatic rings. The van der Waals surface area contributed by atoms with Crippen molar-refractivity contribution >= 4 is 21.8 Å². The van der Waals surface area contributed by atoms with Gasteiger partial charge >= 0.3 is 0 Å². The molecule has 3 aromatic rings. The second kappa shape index (κ2) is 7.44. The van der Waals surface area contributed by atoms with Crippen molar-refractivity contribution in [1.29, 1.82) is 0 Å². The summed E-state index contributed by atoms with van der Waals surface area (Å²) in [7, 11) is 0. The molecule has 0 spiro atoms. The van der Waals surface area contributed by atoms with Crippen LogP contribution >= 0.6 is 15.9 Å². The monoisotopic (exact) mass is 397 g/mol. The average Bonchev–Trinajstić information content (AvgIpc) is 2.62. The first-order valence-electron chi connectivity index (χ1n) is 7.75. The molecule has 0 fully saturated rings. The van der Waals surface area contributed by atoms with Gasteiger partial charge < -0.3 is 10.3 Å². The molecule has 0 aliphatic carbocycles. The summed E-state index contributed by atoms with van der Waals surface area (Å²) in [6.45, 7) is 1.86. The third-order valence-electron chi connectivity index (χ3n) is 3.81. The van der Waals surface area contributed by atoms with Gasteiger partial charge in [0.1, 0.15) is 11.4 Å². The van der Waals surface area contributed by atoms with E-state index < -0.39 is 11.5 Å². The van der Waals surface area contributed by atoms with Crippen molar-refractivity contribution in [2.75, 3.05) is 0 Å². The molecule has 0 saturated carbocycles. The maximum absolute atomic E-state index is 12.4. The Kier molecular flexibility index (Phi) is 5.09. The highest BCUT2D eigenvalue weighted by Crippen LogP contribution is 2.17. The Hall–Kier alpha value is -2.73. The minimum atomic E-state index is -0.464. The summed E-state index contributed by atoms with van der Waals surface area (Å²) in [6.07, 6.45) is 1.31. The Balaban J connectivity index is 1.78. The molecular weight excluding hydrogens is 382 g/mol. The number of benzene rings is 2. The lowest BCUT2D eigenvalue weighted by Gasteiger charge is -2.14.